The molecule has 1 aromatic rings. The smallest absolute Gasteiger partial charge is 0.206 e. The number of benzene rings is 1. The quantitative estimate of drug-likeness (QED) is 0.257. The first kappa shape index (κ1) is 14.0. The third-order valence-electron chi connectivity index (χ3n) is 2.29. The molecule has 0 spiro atoms. The summed E-state index contributed by atoms with van der Waals surface area (Å²) in [4.78, 5) is 4.37. The Labute approximate surface area is 111 Å². The summed E-state index contributed by atoms with van der Waals surface area (Å²) in [5, 5.41) is 3.16. The lowest BCUT2D eigenvalue weighted by Gasteiger charge is -2.08. The summed E-state index contributed by atoms with van der Waals surface area (Å²) in [6.45, 7) is 3.65. The van der Waals surface area contributed by atoms with Crippen molar-refractivity contribution in [2.75, 3.05) is 6.54 Å². The van der Waals surface area contributed by atoms with E-state index in [4.69, 9.17) is 5.84 Å². The lowest BCUT2D eigenvalue weighted by Crippen LogP contribution is -2.41. The number of nitrogens with one attached hydrogen (secondary N) is 2. The van der Waals surface area contributed by atoms with E-state index in [1.165, 1.54) is 0 Å². The molecule has 0 unspecified atom stereocenters. The van der Waals surface area contributed by atoms with E-state index < -0.39 is 0 Å². The van der Waals surface area contributed by atoms with Gasteiger partial charge in [-0.3, -0.25) is 5.43 Å². The Morgan fingerprint density at radius 2 is 2.06 bits per heavy atom. The molecule has 0 amide bonds. The number of hydrogen-bond acceptors (Lipinski definition) is 2. The normalized spacial score (nSPS) is 11.4. The van der Waals surface area contributed by atoms with E-state index in [2.05, 4.69) is 38.6 Å². The van der Waals surface area contributed by atoms with Crippen LogP contribution in [0.2, 0.25) is 0 Å². The van der Waals surface area contributed by atoms with Crippen LogP contribution in [0.3, 0.4) is 0 Å². The summed E-state index contributed by atoms with van der Waals surface area (Å²) in [6.07, 6.45) is 2.26. The molecule has 0 saturated heterocycles. The molecule has 4 N–H and O–H groups in total. The largest absolute Gasteiger partial charge is 0.355 e. The average molecular weight is 299 g/mol. The molecule has 0 aliphatic carbocycles. The molecule has 17 heavy (non-hydrogen) atoms. The van der Waals surface area contributed by atoms with Crippen LogP contribution in [0.1, 0.15) is 25.3 Å². The fourth-order valence-electron chi connectivity index (χ4n) is 1.30. The first-order chi connectivity index (χ1) is 8.26. The van der Waals surface area contributed by atoms with Gasteiger partial charge >= 0.3 is 0 Å². The van der Waals surface area contributed by atoms with Crippen molar-refractivity contribution in [2.24, 2.45) is 10.8 Å². The lowest BCUT2D eigenvalue weighted by atomic mass is 10.2. The first-order valence-corrected chi connectivity index (χ1v) is 6.55. The number of rotatable bonds is 5. The fourth-order valence-corrected chi connectivity index (χ4v) is 1.56. The SMILES string of the molecule is CCCCNC(=NCc1ccc(Br)cc1)NN. The molecule has 0 aromatic heterocycles. The highest BCUT2D eigenvalue weighted by molar-refractivity contribution is 9.10. The second-order valence-corrected chi connectivity index (χ2v) is 4.63. The summed E-state index contributed by atoms with van der Waals surface area (Å²) in [5.41, 5.74) is 3.72. The van der Waals surface area contributed by atoms with Gasteiger partial charge in [-0.2, -0.15) is 0 Å². The highest BCUT2D eigenvalue weighted by Crippen LogP contribution is 2.10. The van der Waals surface area contributed by atoms with E-state index in [1.54, 1.807) is 0 Å². The number of aliphatic imine (C=N–C) groups is 1. The van der Waals surface area contributed by atoms with Gasteiger partial charge in [-0.25, -0.2) is 10.8 Å². The summed E-state index contributed by atoms with van der Waals surface area (Å²) in [5.74, 6) is 6.03. The molecule has 94 valence electrons. The number of hydrogen-bond donors (Lipinski definition) is 3. The van der Waals surface area contributed by atoms with Crippen molar-refractivity contribution in [1.82, 2.24) is 10.7 Å². The van der Waals surface area contributed by atoms with Crippen LogP contribution in [0.25, 0.3) is 0 Å². The number of nitrogens with zero attached hydrogens (tertiary/aromatic N) is 1. The molecule has 4 nitrogen and oxygen atoms in total. The third kappa shape index (κ3) is 5.70. The average Bonchev–Trinajstić information content (AvgIpc) is 2.35. The zero-order chi connectivity index (χ0) is 12.5. The minimum atomic E-state index is 0.617. The monoisotopic (exact) mass is 298 g/mol. The Kier molecular flexibility index (Phi) is 6.65. The van der Waals surface area contributed by atoms with E-state index in [0.29, 0.717) is 12.5 Å². The van der Waals surface area contributed by atoms with Gasteiger partial charge in [0.2, 0.25) is 5.96 Å². The van der Waals surface area contributed by atoms with Crippen LogP contribution >= 0.6 is 15.9 Å². The number of nitrogens with two attached hydrogens (primary N) is 1. The molecule has 0 bridgehead atoms. The fraction of sp³-hybridized carbons (Fsp3) is 0.417. The molecule has 5 heteroatoms. The zero-order valence-corrected chi connectivity index (χ0v) is 11.6. The Balaban J connectivity index is 2.46. The molecule has 1 aromatic carbocycles. The summed E-state index contributed by atoms with van der Waals surface area (Å²) < 4.78 is 1.07. The maximum absolute atomic E-state index is 5.39. The molecule has 0 aliphatic rings. The van der Waals surface area contributed by atoms with Crippen molar-refractivity contribution in [3.05, 3.63) is 34.3 Å². The van der Waals surface area contributed by atoms with Crippen LogP contribution in [0.5, 0.6) is 0 Å². The van der Waals surface area contributed by atoms with Crippen LogP contribution in [-0.4, -0.2) is 12.5 Å². The number of guanidine groups is 1. The Hall–Kier alpha value is -1.07. The van der Waals surface area contributed by atoms with Gasteiger partial charge in [0.15, 0.2) is 0 Å². The van der Waals surface area contributed by atoms with Gasteiger partial charge in [0.25, 0.3) is 0 Å². The zero-order valence-electron chi connectivity index (χ0n) is 10.0. The van der Waals surface area contributed by atoms with Crippen LogP contribution in [0.15, 0.2) is 33.7 Å². The second-order valence-electron chi connectivity index (χ2n) is 3.72. The van der Waals surface area contributed by atoms with E-state index >= 15 is 0 Å². The summed E-state index contributed by atoms with van der Waals surface area (Å²) in [7, 11) is 0. The van der Waals surface area contributed by atoms with Crippen molar-refractivity contribution >= 4 is 21.9 Å². The molecule has 0 radical (unpaired) electrons. The maximum Gasteiger partial charge on any atom is 0.206 e. The minimum absolute atomic E-state index is 0.617. The van der Waals surface area contributed by atoms with E-state index in [0.717, 1.165) is 29.4 Å². The highest BCUT2D eigenvalue weighted by atomic mass is 79.9. The van der Waals surface area contributed by atoms with Crippen molar-refractivity contribution in [3.63, 3.8) is 0 Å². The van der Waals surface area contributed by atoms with Crippen molar-refractivity contribution in [2.45, 2.75) is 26.3 Å². The first-order valence-electron chi connectivity index (χ1n) is 5.75. The predicted molar refractivity (Wildman–Crippen MR) is 75.5 cm³/mol. The molecular weight excluding hydrogens is 280 g/mol. The Bertz CT molecular complexity index is 348. The molecule has 0 aliphatic heterocycles. The van der Waals surface area contributed by atoms with Gasteiger partial charge in [-0.15, -0.1) is 0 Å². The van der Waals surface area contributed by atoms with Crippen LogP contribution in [0.4, 0.5) is 0 Å². The summed E-state index contributed by atoms with van der Waals surface area (Å²) in [6, 6.07) is 8.08. The van der Waals surface area contributed by atoms with Crippen LogP contribution in [-0.2, 0) is 6.54 Å². The molecule has 0 atom stereocenters. The molecule has 1 rings (SSSR count). The lowest BCUT2D eigenvalue weighted by molar-refractivity contribution is 0.732. The molecule has 0 heterocycles. The van der Waals surface area contributed by atoms with Gasteiger partial charge in [0, 0.05) is 11.0 Å². The topological polar surface area (TPSA) is 62.4 Å². The van der Waals surface area contributed by atoms with E-state index in [9.17, 15) is 0 Å². The molecule has 0 fully saturated rings. The summed E-state index contributed by atoms with van der Waals surface area (Å²) >= 11 is 3.40. The van der Waals surface area contributed by atoms with E-state index in [-0.39, 0.29) is 0 Å². The second kappa shape index (κ2) is 8.08. The van der Waals surface area contributed by atoms with Crippen molar-refractivity contribution < 1.29 is 0 Å². The van der Waals surface area contributed by atoms with Crippen molar-refractivity contribution in [3.8, 4) is 0 Å². The van der Waals surface area contributed by atoms with Crippen LogP contribution in [0, 0.1) is 0 Å². The van der Waals surface area contributed by atoms with Gasteiger partial charge in [-0.1, -0.05) is 41.4 Å². The van der Waals surface area contributed by atoms with E-state index in [1.807, 2.05) is 24.3 Å². The highest BCUT2D eigenvalue weighted by Gasteiger charge is 1.95. The van der Waals surface area contributed by atoms with Gasteiger partial charge < -0.3 is 5.32 Å². The Morgan fingerprint density at radius 3 is 2.65 bits per heavy atom. The minimum Gasteiger partial charge on any atom is -0.355 e. The standard InChI is InChI=1S/C12H19BrN4/c1-2-3-8-15-12(17-14)16-9-10-4-6-11(13)7-5-10/h4-7H,2-3,8-9,14H2,1H3,(H2,15,16,17). The van der Waals surface area contributed by atoms with Gasteiger partial charge in [0.05, 0.1) is 6.54 Å². The van der Waals surface area contributed by atoms with Crippen LogP contribution < -0.4 is 16.6 Å². The molecule has 0 saturated carbocycles. The predicted octanol–water partition coefficient (Wildman–Crippen LogP) is 2.16. The van der Waals surface area contributed by atoms with Gasteiger partial charge in [-0.05, 0) is 24.1 Å². The van der Waals surface area contributed by atoms with Crippen molar-refractivity contribution in [1.29, 1.82) is 0 Å². The van der Waals surface area contributed by atoms with Gasteiger partial charge in [0.1, 0.15) is 0 Å². The number of halogens is 1. The number of unbranched alkanes of at least 4 members (excludes halogenated alkanes) is 1. The Morgan fingerprint density at radius 1 is 1.35 bits per heavy atom. The molecular formula is C12H19BrN4. The third-order valence-corrected chi connectivity index (χ3v) is 2.82. The maximum atomic E-state index is 5.39. The number of hydrazine groups is 1.